The molecule has 8 nitrogen and oxygen atoms in total. The molecule has 8 heteroatoms. The Morgan fingerprint density at radius 2 is 2.03 bits per heavy atom. The predicted molar refractivity (Wildman–Crippen MR) is 115 cm³/mol. The molecule has 1 aromatic carbocycles. The Labute approximate surface area is 176 Å². The summed E-state index contributed by atoms with van der Waals surface area (Å²) in [5.74, 6) is 3.20. The van der Waals surface area contributed by atoms with E-state index in [9.17, 15) is 0 Å². The van der Waals surface area contributed by atoms with Crippen LogP contribution in [-0.4, -0.2) is 58.5 Å². The first-order valence-electron chi connectivity index (χ1n) is 10.5. The molecule has 1 saturated heterocycles. The maximum atomic E-state index is 5.36. The van der Waals surface area contributed by atoms with Crippen molar-refractivity contribution in [1.29, 1.82) is 0 Å². The fraction of sp³-hybridized carbons (Fsp3) is 0.455. The molecular weight excluding hydrogens is 380 g/mol. The van der Waals surface area contributed by atoms with Gasteiger partial charge in [0.25, 0.3) is 5.89 Å². The van der Waals surface area contributed by atoms with Crippen molar-refractivity contribution in [2.75, 3.05) is 38.6 Å². The van der Waals surface area contributed by atoms with Crippen LogP contribution in [0.3, 0.4) is 0 Å². The average molecular weight is 409 g/mol. The zero-order valence-corrected chi connectivity index (χ0v) is 17.5. The van der Waals surface area contributed by atoms with Crippen LogP contribution in [0.2, 0.25) is 0 Å². The number of nitrogens with one attached hydrogen (secondary N) is 1. The lowest BCUT2D eigenvalue weighted by Crippen LogP contribution is -2.35. The Balaban J connectivity index is 1.28. The zero-order valence-electron chi connectivity index (χ0n) is 17.5. The maximum absolute atomic E-state index is 5.36. The summed E-state index contributed by atoms with van der Waals surface area (Å²) in [6, 6.07) is 11.2. The van der Waals surface area contributed by atoms with Crippen molar-refractivity contribution in [3.63, 3.8) is 0 Å². The Hall–Kier alpha value is -3.00. The van der Waals surface area contributed by atoms with E-state index in [1.54, 1.807) is 7.11 Å². The van der Waals surface area contributed by atoms with E-state index in [4.69, 9.17) is 9.26 Å². The Morgan fingerprint density at radius 3 is 2.77 bits per heavy atom. The first-order valence-corrected chi connectivity index (χ1v) is 10.5. The minimum atomic E-state index is 0.346. The van der Waals surface area contributed by atoms with Gasteiger partial charge < -0.3 is 19.5 Å². The molecule has 1 N–H and O–H groups in total. The van der Waals surface area contributed by atoms with E-state index in [-0.39, 0.29) is 0 Å². The van der Waals surface area contributed by atoms with Crippen molar-refractivity contribution in [2.24, 2.45) is 5.92 Å². The van der Waals surface area contributed by atoms with Crippen LogP contribution in [0.4, 0.5) is 5.82 Å². The number of hydrogen-bond donors (Lipinski definition) is 1. The quantitative estimate of drug-likeness (QED) is 0.564. The number of nitrogens with zero attached hydrogens (tertiary/aromatic N) is 5. The Bertz CT molecular complexity index is 926. The molecule has 1 fully saturated rings. The summed E-state index contributed by atoms with van der Waals surface area (Å²) in [6.45, 7) is 6.78. The summed E-state index contributed by atoms with van der Waals surface area (Å²) >= 11 is 0. The molecule has 0 aliphatic carbocycles. The van der Waals surface area contributed by atoms with Crippen LogP contribution in [0, 0.1) is 5.92 Å². The third kappa shape index (κ3) is 5.13. The maximum Gasteiger partial charge on any atom is 0.278 e. The van der Waals surface area contributed by atoms with Gasteiger partial charge in [0.2, 0.25) is 5.82 Å². The fourth-order valence-corrected chi connectivity index (χ4v) is 3.73. The number of anilines is 1. The van der Waals surface area contributed by atoms with Crippen molar-refractivity contribution in [2.45, 2.75) is 26.2 Å². The molecule has 158 valence electrons. The van der Waals surface area contributed by atoms with E-state index in [1.807, 2.05) is 36.4 Å². The van der Waals surface area contributed by atoms with Gasteiger partial charge >= 0.3 is 0 Å². The summed E-state index contributed by atoms with van der Waals surface area (Å²) in [6.07, 6.45) is 3.76. The van der Waals surface area contributed by atoms with Crippen LogP contribution in [0.15, 0.2) is 40.9 Å². The van der Waals surface area contributed by atoms with Gasteiger partial charge in [0.05, 0.1) is 7.11 Å². The lowest BCUT2D eigenvalue weighted by molar-refractivity contribution is 0.183. The van der Waals surface area contributed by atoms with Gasteiger partial charge in [-0.3, -0.25) is 0 Å². The minimum absolute atomic E-state index is 0.346. The van der Waals surface area contributed by atoms with E-state index in [0.29, 0.717) is 17.4 Å². The average Bonchev–Trinajstić information content (AvgIpc) is 3.28. The first-order chi connectivity index (χ1) is 14.7. The minimum Gasteiger partial charge on any atom is -0.497 e. The third-order valence-corrected chi connectivity index (χ3v) is 5.36. The van der Waals surface area contributed by atoms with Gasteiger partial charge in [-0.05, 0) is 74.7 Å². The van der Waals surface area contributed by atoms with Crippen molar-refractivity contribution in [3.8, 4) is 28.7 Å². The smallest absolute Gasteiger partial charge is 0.278 e. The summed E-state index contributed by atoms with van der Waals surface area (Å²) < 4.78 is 10.5. The van der Waals surface area contributed by atoms with Crippen LogP contribution in [0.25, 0.3) is 23.0 Å². The number of aromatic nitrogens is 4. The molecule has 30 heavy (non-hydrogen) atoms. The van der Waals surface area contributed by atoms with Crippen LogP contribution in [0.1, 0.15) is 26.2 Å². The standard InChI is InChI=1S/C22H28N6O2/c1-16-5-3-13-28(15-16)14-4-12-23-20-11-10-19(25-26-20)22-24-21(27-30-22)17-6-8-18(29-2)9-7-17/h6-11,16H,3-5,12-15H2,1-2H3,(H,23,26)/t16-/m0/s1. The van der Waals surface area contributed by atoms with E-state index in [2.05, 4.69) is 37.5 Å². The fourth-order valence-electron chi connectivity index (χ4n) is 3.73. The number of piperidine rings is 1. The predicted octanol–water partition coefficient (Wildman–Crippen LogP) is 3.74. The number of rotatable bonds is 8. The van der Waals surface area contributed by atoms with E-state index >= 15 is 0 Å². The highest BCUT2D eigenvalue weighted by molar-refractivity contribution is 5.59. The number of hydrogen-bond acceptors (Lipinski definition) is 8. The number of ether oxygens (including phenoxy) is 1. The monoisotopic (exact) mass is 408 g/mol. The van der Waals surface area contributed by atoms with Gasteiger partial charge in [-0.2, -0.15) is 4.98 Å². The number of benzene rings is 1. The van der Waals surface area contributed by atoms with Crippen LogP contribution in [0.5, 0.6) is 5.75 Å². The van der Waals surface area contributed by atoms with Crippen molar-refractivity contribution in [1.82, 2.24) is 25.2 Å². The van der Waals surface area contributed by atoms with E-state index in [0.717, 1.165) is 42.6 Å². The van der Waals surface area contributed by atoms with Crippen molar-refractivity contribution < 1.29 is 9.26 Å². The SMILES string of the molecule is COc1ccc(-c2noc(-c3ccc(NCCCN4CCC[C@H](C)C4)nn3)n2)cc1. The normalized spacial score (nSPS) is 17.1. The Kier molecular flexibility index (Phi) is 6.53. The second-order valence-corrected chi connectivity index (χ2v) is 7.78. The van der Waals surface area contributed by atoms with Crippen molar-refractivity contribution >= 4 is 5.82 Å². The second kappa shape index (κ2) is 9.67. The molecule has 0 amide bonds. The molecule has 1 atom stereocenters. The first kappa shape index (κ1) is 20.3. The summed E-state index contributed by atoms with van der Waals surface area (Å²) in [5.41, 5.74) is 1.40. The molecule has 0 spiro atoms. The molecule has 2 aromatic heterocycles. The van der Waals surface area contributed by atoms with Gasteiger partial charge in [0.15, 0.2) is 5.69 Å². The summed E-state index contributed by atoms with van der Waals surface area (Å²) in [7, 11) is 1.63. The molecule has 0 unspecified atom stereocenters. The summed E-state index contributed by atoms with van der Waals surface area (Å²) in [4.78, 5) is 6.98. The highest BCUT2D eigenvalue weighted by Crippen LogP contribution is 2.23. The highest BCUT2D eigenvalue weighted by Gasteiger charge is 2.15. The molecule has 1 aliphatic heterocycles. The zero-order chi connectivity index (χ0) is 20.8. The lowest BCUT2D eigenvalue weighted by atomic mass is 10.0. The van der Waals surface area contributed by atoms with Crippen LogP contribution in [-0.2, 0) is 0 Å². The third-order valence-electron chi connectivity index (χ3n) is 5.36. The molecule has 3 heterocycles. The van der Waals surface area contributed by atoms with Crippen LogP contribution >= 0.6 is 0 Å². The molecule has 0 bridgehead atoms. The van der Waals surface area contributed by atoms with Gasteiger partial charge in [0.1, 0.15) is 11.6 Å². The topological polar surface area (TPSA) is 89.2 Å². The molecule has 3 aromatic rings. The number of methoxy groups -OCH3 is 1. The highest BCUT2D eigenvalue weighted by atomic mass is 16.5. The molecule has 4 rings (SSSR count). The van der Waals surface area contributed by atoms with Crippen molar-refractivity contribution in [3.05, 3.63) is 36.4 Å². The number of likely N-dealkylation sites (tertiary alicyclic amines) is 1. The van der Waals surface area contributed by atoms with E-state index in [1.165, 1.54) is 25.9 Å². The van der Waals surface area contributed by atoms with Crippen LogP contribution < -0.4 is 10.1 Å². The summed E-state index contributed by atoms with van der Waals surface area (Å²) in [5, 5.41) is 15.8. The second-order valence-electron chi connectivity index (χ2n) is 7.78. The van der Waals surface area contributed by atoms with Gasteiger partial charge in [-0.25, -0.2) is 0 Å². The van der Waals surface area contributed by atoms with Gasteiger partial charge in [0, 0.05) is 18.7 Å². The largest absolute Gasteiger partial charge is 0.497 e. The van der Waals surface area contributed by atoms with Gasteiger partial charge in [-0.15, -0.1) is 10.2 Å². The lowest BCUT2D eigenvalue weighted by Gasteiger charge is -2.30. The van der Waals surface area contributed by atoms with E-state index < -0.39 is 0 Å². The van der Waals surface area contributed by atoms with Gasteiger partial charge in [-0.1, -0.05) is 12.1 Å². The molecule has 0 radical (unpaired) electrons. The molecule has 1 aliphatic rings. The molecular formula is C22H28N6O2. The molecule has 0 saturated carbocycles. The Morgan fingerprint density at radius 1 is 1.17 bits per heavy atom.